The monoisotopic (exact) mass is 451 g/mol. The first kappa shape index (κ1) is 22.1. The van der Waals surface area contributed by atoms with E-state index in [0.29, 0.717) is 5.02 Å². The molecule has 0 aromatic heterocycles. The number of carbonyl (C=O) groups excluding carboxylic acids is 2. The van der Waals surface area contributed by atoms with E-state index in [1.165, 1.54) is 27.4 Å². The summed E-state index contributed by atoms with van der Waals surface area (Å²) in [6, 6.07) is 13.3. The lowest BCUT2D eigenvalue weighted by Gasteiger charge is -2.34. The van der Waals surface area contributed by atoms with E-state index in [1.807, 2.05) is 6.07 Å². The molecule has 1 fully saturated rings. The second kappa shape index (κ2) is 9.46. The summed E-state index contributed by atoms with van der Waals surface area (Å²) in [5.41, 5.74) is 6.12. The van der Waals surface area contributed by atoms with Crippen molar-refractivity contribution in [1.29, 1.82) is 0 Å². The molecule has 2 aromatic carbocycles. The predicted octanol–water partition coefficient (Wildman–Crippen LogP) is 1.49. The molecule has 1 heterocycles. The van der Waals surface area contributed by atoms with Crippen LogP contribution < -0.4 is 10.5 Å². The zero-order valence-corrected chi connectivity index (χ0v) is 17.7. The molecule has 10 heteroatoms. The van der Waals surface area contributed by atoms with Crippen molar-refractivity contribution in [2.45, 2.75) is 5.75 Å². The van der Waals surface area contributed by atoms with Gasteiger partial charge < -0.3 is 15.4 Å². The molecule has 0 unspecified atom stereocenters. The number of hydrogen-bond acceptors (Lipinski definition) is 5. The van der Waals surface area contributed by atoms with Gasteiger partial charge in [-0.1, -0.05) is 41.9 Å². The fraction of sp³-hybridized carbons (Fsp3) is 0.300. The van der Waals surface area contributed by atoms with Gasteiger partial charge in [0.05, 0.1) is 11.3 Å². The molecule has 3 rings (SSSR count). The van der Waals surface area contributed by atoms with E-state index in [-0.39, 0.29) is 55.8 Å². The molecule has 1 saturated heterocycles. The Morgan fingerprint density at radius 2 is 1.70 bits per heavy atom. The van der Waals surface area contributed by atoms with Gasteiger partial charge in [-0.25, -0.2) is 8.42 Å². The Kier molecular flexibility index (Phi) is 6.96. The molecule has 0 bridgehead atoms. The number of piperazine rings is 1. The number of nitrogens with zero attached hydrogens (tertiary/aromatic N) is 2. The van der Waals surface area contributed by atoms with Crippen molar-refractivity contribution in [2.75, 3.05) is 32.8 Å². The SMILES string of the molecule is NC(=O)c1cc(Cl)ccc1OCC(=O)N1CCN(S(=O)(=O)Cc2ccccc2)CC1. The Hall–Kier alpha value is -2.62. The molecule has 2 aromatic rings. The first-order valence-corrected chi connectivity index (χ1v) is 11.3. The van der Waals surface area contributed by atoms with Crippen LogP contribution in [0.15, 0.2) is 48.5 Å². The van der Waals surface area contributed by atoms with Crippen molar-refractivity contribution in [3.8, 4) is 5.75 Å². The number of primary amides is 1. The third-order valence-electron chi connectivity index (χ3n) is 4.73. The predicted molar refractivity (Wildman–Crippen MR) is 113 cm³/mol. The summed E-state index contributed by atoms with van der Waals surface area (Å²) in [5.74, 6) is -0.917. The summed E-state index contributed by atoms with van der Waals surface area (Å²) in [6.07, 6.45) is 0. The fourth-order valence-electron chi connectivity index (χ4n) is 3.14. The number of ether oxygens (including phenoxy) is 1. The summed E-state index contributed by atoms with van der Waals surface area (Å²) >= 11 is 5.85. The van der Waals surface area contributed by atoms with Gasteiger partial charge >= 0.3 is 0 Å². The molecule has 2 amide bonds. The Balaban J connectivity index is 1.54. The number of sulfonamides is 1. The molecule has 0 aliphatic carbocycles. The van der Waals surface area contributed by atoms with Gasteiger partial charge in [-0.05, 0) is 23.8 Å². The number of halogens is 1. The molecule has 160 valence electrons. The van der Waals surface area contributed by atoms with E-state index in [1.54, 1.807) is 24.3 Å². The van der Waals surface area contributed by atoms with Crippen molar-refractivity contribution in [3.05, 3.63) is 64.7 Å². The highest BCUT2D eigenvalue weighted by Gasteiger charge is 2.29. The number of hydrogen-bond donors (Lipinski definition) is 1. The van der Waals surface area contributed by atoms with Gasteiger partial charge in [0.25, 0.3) is 11.8 Å². The molecular weight excluding hydrogens is 430 g/mol. The summed E-state index contributed by atoms with van der Waals surface area (Å²) in [4.78, 5) is 25.5. The van der Waals surface area contributed by atoms with Gasteiger partial charge in [0.2, 0.25) is 10.0 Å². The van der Waals surface area contributed by atoms with Crippen LogP contribution in [-0.4, -0.2) is 62.2 Å². The molecule has 1 aliphatic heterocycles. The van der Waals surface area contributed by atoms with E-state index in [0.717, 1.165) is 5.56 Å². The van der Waals surface area contributed by atoms with Crippen LogP contribution in [0, 0.1) is 0 Å². The van der Waals surface area contributed by atoms with Crippen LogP contribution in [0.5, 0.6) is 5.75 Å². The Morgan fingerprint density at radius 1 is 1.03 bits per heavy atom. The minimum atomic E-state index is -3.46. The lowest BCUT2D eigenvalue weighted by molar-refractivity contribution is -0.134. The fourth-order valence-corrected chi connectivity index (χ4v) is 4.83. The highest BCUT2D eigenvalue weighted by atomic mass is 35.5. The standard InChI is InChI=1S/C20H22ClN3O5S/c21-16-6-7-18(17(12-16)20(22)26)29-13-19(25)23-8-10-24(11-9-23)30(27,28)14-15-4-2-1-3-5-15/h1-7,12H,8-11,13-14H2,(H2,22,26). The minimum absolute atomic E-state index is 0.0721. The van der Waals surface area contributed by atoms with E-state index in [9.17, 15) is 18.0 Å². The lowest BCUT2D eigenvalue weighted by atomic mass is 10.2. The Morgan fingerprint density at radius 3 is 2.33 bits per heavy atom. The molecule has 2 N–H and O–H groups in total. The normalized spacial score (nSPS) is 15.0. The summed E-state index contributed by atoms with van der Waals surface area (Å²) in [5, 5.41) is 0.329. The van der Waals surface area contributed by atoms with Crippen molar-refractivity contribution in [3.63, 3.8) is 0 Å². The van der Waals surface area contributed by atoms with E-state index in [2.05, 4.69) is 0 Å². The number of carbonyl (C=O) groups is 2. The van der Waals surface area contributed by atoms with Crippen LogP contribution in [-0.2, 0) is 20.6 Å². The molecule has 0 saturated carbocycles. The maximum atomic E-state index is 12.6. The first-order chi connectivity index (χ1) is 14.3. The average molecular weight is 452 g/mol. The van der Waals surface area contributed by atoms with Crippen LogP contribution in [0.25, 0.3) is 0 Å². The van der Waals surface area contributed by atoms with E-state index in [4.69, 9.17) is 22.1 Å². The Labute approximate surface area is 180 Å². The molecule has 0 radical (unpaired) electrons. The third kappa shape index (κ3) is 5.50. The zero-order chi connectivity index (χ0) is 21.7. The van der Waals surface area contributed by atoms with Gasteiger partial charge in [0.1, 0.15) is 5.75 Å². The molecule has 0 spiro atoms. The quantitative estimate of drug-likeness (QED) is 0.685. The van der Waals surface area contributed by atoms with E-state index < -0.39 is 15.9 Å². The summed E-state index contributed by atoms with van der Waals surface area (Å²) in [6.45, 7) is 0.667. The molecular formula is C20H22ClN3O5S. The van der Waals surface area contributed by atoms with Gasteiger partial charge in [-0.15, -0.1) is 0 Å². The molecule has 0 atom stereocenters. The average Bonchev–Trinajstić information content (AvgIpc) is 2.73. The lowest BCUT2D eigenvalue weighted by Crippen LogP contribution is -2.51. The third-order valence-corrected chi connectivity index (χ3v) is 6.82. The number of benzene rings is 2. The number of rotatable bonds is 7. The second-order valence-electron chi connectivity index (χ2n) is 6.82. The van der Waals surface area contributed by atoms with Crippen molar-refractivity contribution in [2.24, 2.45) is 5.73 Å². The van der Waals surface area contributed by atoms with Gasteiger partial charge in [-0.2, -0.15) is 4.31 Å². The highest BCUT2D eigenvalue weighted by Crippen LogP contribution is 2.22. The zero-order valence-electron chi connectivity index (χ0n) is 16.2. The Bertz CT molecular complexity index is 1020. The second-order valence-corrected chi connectivity index (χ2v) is 9.22. The van der Waals surface area contributed by atoms with Gasteiger partial charge in [-0.3, -0.25) is 9.59 Å². The van der Waals surface area contributed by atoms with Crippen LogP contribution in [0.2, 0.25) is 5.02 Å². The van der Waals surface area contributed by atoms with Crippen molar-refractivity contribution < 1.29 is 22.7 Å². The summed E-state index contributed by atoms with van der Waals surface area (Å²) in [7, 11) is -3.46. The topological polar surface area (TPSA) is 110 Å². The van der Waals surface area contributed by atoms with Crippen LogP contribution in [0.1, 0.15) is 15.9 Å². The molecule has 1 aliphatic rings. The van der Waals surface area contributed by atoms with Crippen molar-refractivity contribution in [1.82, 2.24) is 9.21 Å². The van der Waals surface area contributed by atoms with Gasteiger partial charge in [0.15, 0.2) is 6.61 Å². The maximum Gasteiger partial charge on any atom is 0.260 e. The molecule has 8 nitrogen and oxygen atoms in total. The largest absolute Gasteiger partial charge is 0.483 e. The smallest absolute Gasteiger partial charge is 0.260 e. The number of amides is 2. The molecule has 30 heavy (non-hydrogen) atoms. The minimum Gasteiger partial charge on any atom is -0.483 e. The van der Waals surface area contributed by atoms with Gasteiger partial charge in [0, 0.05) is 31.2 Å². The maximum absolute atomic E-state index is 12.6. The first-order valence-electron chi connectivity index (χ1n) is 9.28. The summed E-state index contributed by atoms with van der Waals surface area (Å²) < 4.78 is 32.1. The van der Waals surface area contributed by atoms with Crippen LogP contribution >= 0.6 is 11.6 Å². The van der Waals surface area contributed by atoms with E-state index >= 15 is 0 Å². The van der Waals surface area contributed by atoms with Crippen molar-refractivity contribution >= 4 is 33.4 Å². The number of nitrogens with two attached hydrogens (primary N) is 1. The highest BCUT2D eigenvalue weighted by molar-refractivity contribution is 7.88. The van der Waals surface area contributed by atoms with Crippen LogP contribution in [0.4, 0.5) is 0 Å². The van der Waals surface area contributed by atoms with Crippen LogP contribution in [0.3, 0.4) is 0 Å².